The van der Waals surface area contributed by atoms with Crippen molar-refractivity contribution < 1.29 is 19.2 Å². The molecule has 12 heteroatoms. The topological polar surface area (TPSA) is 146 Å². The van der Waals surface area contributed by atoms with E-state index in [1.807, 2.05) is 35.8 Å². The molecule has 0 fully saturated rings. The summed E-state index contributed by atoms with van der Waals surface area (Å²) in [6.45, 7) is 0.930. The number of nitrogens with one attached hydrogen (secondary N) is 1. The van der Waals surface area contributed by atoms with Crippen LogP contribution in [0, 0.1) is 10.1 Å². The quantitative estimate of drug-likeness (QED) is 0.216. The molecule has 0 spiro atoms. The zero-order valence-corrected chi connectivity index (χ0v) is 19.4. The summed E-state index contributed by atoms with van der Waals surface area (Å²) in [6, 6.07) is 11.8. The normalized spacial score (nSPS) is 13.1. The molecule has 3 N–H and O–H groups in total. The smallest absolute Gasteiger partial charge is 0.373 e. The lowest BCUT2D eigenvalue weighted by Crippen LogP contribution is -2.30. The molecule has 35 heavy (non-hydrogen) atoms. The van der Waals surface area contributed by atoms with Gasteiger partial charge in [0.05, 0.1) is 12.0 Å². The lowest BCUT2D eigenvalue weighted by Gasteiger charge is -2.27. The van der Waals surface area contributed by atoms with Gasteiger partial charge < -0.3 is 14.4 Å². The molecule has 4 rings (SSSR count). The predicted molar refractivity (Wildman–Crippen MR) is 130 cm³/mol. The molecular weight excluding hydrogens is 476 g/mol. The Hall–Kier alpha value is -4.22. The second-order valence-electron chi connectivity index (χ2n) is 7.48. The molecule has 0 saturated carbocycles. The summed E-state index contributed by atoms with van der Waals surface area (Å²) in [5.74, 6) is 4.85. The second-order valence-corrected chi connectivity index (χ2v) is 7.92. The minimum Gasteiger partial charge on any atom is -0.493 e. The van der Waals surface area contributed by atoms with E-state index in [4.69, 9.17) is 26.9 Å². The highest BCUT2D eigenvalue weighted by atomic mass is 35.5. The van der Waals surface area contributed by atoms with Crippen LogP contribution in [0.15, 0.2) is 54.9 Å². The number of nitrogens with zero attached hydrogens (tertiary/aromatic N) is 4. The number of methoxy groups -OCH3 is 1. The van der Waals surface area contributed by atoms with Crippen LogP contribution in [0.1, 0.15) is 22.3 Å². The van der Waals surface area contributed by atoms with Gasteiger partial charge in [-0.15, -0.1) is 0 Å². The Bertz CT molecular complexity index is 1300. The fourth-order valence-corrected chi connectivity index (χ4v) is 3.81. The Labute approximate surface area is 205 Å². The van der Waals surface area contributed by atoms with Crippen LogP contribution >= 0.6 is 11.6 Å². The average Bonchev–Trinajstić information content (AvgIpc) is 2.88. The first-order valence-corrected chi connectivity index (χ1v) is 10.8. The van der Waals surface area contributed by atoms with Crippen LogP contribution in [0.4, 0.5) is 11.5 Å². The average molecular weight is 497 g/mol. The van der Waals surface area contributed by atoms with E-state index in [9.17, 15) is 14.9 Å². The first-order valence-electron chi connectivity index (χ1n) is 10.5. The van der Waals surface area contributed by atoms with E-state index in [1.54, 1.807) is 4.90 Å². The Kier molecular flexibility index (Phi) is 7.09. The minimum absolute atomic E-state index is 0.136. The van der Waals surface area contributed by atoms with Crippen molar-refractivity contribution >= 4 is 34.6 Å². The van der Waals surface area contributed by atoms with E-state index in [1.165, 1.54) is 31.6 Å². The fourth-order valence-electron chi connectivity index (χ4n) is 3.69. The highest BCUT2D eigenvalue weighted by molar-refractivity contribution is 6.30. The van der Waals surface area contributed by atoms with E-state index in [-0.39, 0.29) is 34.4 Å². The lowest BCUT2D eigenvalue weighted by atomic mass is 9.99. The van der Waals surface area contributed by atoms with Crippen molar-refractivity contribution in [2.24, 2.45) is 5.84 Å². The molecule has 180 valence electrons. The summed E-state index contributed by atoms with van der Waals surface area (Å²) < 4.78 is 11.0. The highest BCUT2D eigenvalue weighted by Crippen LogP contribution is 2.40. The molecule has 0 aliphatic carbocycles. The Balaban J connectivity index is 1.62. The van der Waals surface area contributed by atoms with Gasteiger partial charge in [-0.2, -0.15) is 4.98 Å². The maximum Gasteiger partial charge on any atom is 0.373 e. The van der Waals surface area contributed by atoms with Gasteiger partial charge in [-0.3, -0.25) is 20.3 Å². The number of nitro groups is 1. The second kappa shape index (κ2) is 10.4. The van der Waals surface area contributed by atoms with E-state index < -0.39 is 10.8 Å². The van der Waals surface area contributed by atoms with Crippen LogP contribution in [0.3, 0.4) is 0 Å². The number of aromatic nitrogens is 2. The molecular formula is C23H21ClN6O5. The summed E-state index contributed by atoms with van der Waals surface area (Å²) >= 11 is 5.97. The maximum absolute atomic E-state index is 12.0. The number of ether oxygens (including phenoxy) is 2. The van der Waals surface area contributed by atoms with Crippen molar-refractivity contribution in [2.45, 2.75) is 6.42 Å². The summed E-state index contributed by atoms with van der Waals surface area (Å²) in [5, 5.41) is 12.7. The molecule has 2 aromatic carbocycles. The summed E-state index contributed by atoms with van der Waals surface area (Å²) in [7, 11) is 1.38. The number of hydrogen-bond acceptors (Lipinski definition) is 9. The van der Waals surface area contributed by atoms with Gasteiger partial charge in [0.2, 0.25) is 5.82 Å². The van der Waals surface area contributed by atoms with Gasteiger partial charge in [-0.25, -0.2) is 10.8 Å². The van der Waals surface area contributed by atoms with Gasteiger partial charge in [0.15, 0.2) is 11.5 Å². The number of anilines is 1. The Morgan fingerprint density at radius 1 is 1.20 bits per heavy atom. The van der Waals surface area contributed by atoms with Crippen LogP contribution in [0.5, 0.6) is 17.4 Å². The van der Waals surface area contributed by atoms with Gasteiger partial charge in [0.25, 0.3) is 5.91 Å². The Morgan fingerprint density at radius 3 is 2.60 bits per heavy atom. The molecule has 1 aliphatic rings. The van der Waals surface area contributed by atoms with Crippen LogP contribution in [0.2, 0.25) is 5.02 Å². The van der Waals surface area contributed by atoms with Crippen LogP contribution in [0.25, 0.3) is 5.57 Å². The summed E-state index contributed by atoms with van der Waals surface area (Å²) in [5.41, 5.74) is 4.05. The number of rotatable bonds is 7. The molecule has 11 nitrogen and oxygen atoms in total. The standard InChI is InChI=1S/C23H21ClN6O5/c1-34-19-12-16(22(31)28-25)4-7-18(19)35-23-20(30(32)33)21(26-13-27-23)29-10-8-15(9-11-29)14-2-5-17(24)6-3-14/h2-8,12-13H,9-11,25H2,1H3,(H,28,31). The first kappa shape index (κ1) is 23.9. The third-order valence-corrected chi connectivity index (χ3v) is 5.69. The Morgan fingerprint density at radius 2 is 1.97 bits per heavy atom. The molecule has 3 aromatic rings. The maximum atomic E-state index is 12.0. The summed E-state index contributed by atoms with van der Waals surface area (Å²) in [4.78, 5) is 33.2. The number of amides is 1. The predicted octanol–water partition coefficient (Wildman–Crippen LogP) is 3.74. The molecule has 2 heterocycles. The number of benzene rings is 2. The molecule has 0 atom stereocenters. The van der Waals surface area contributed by atoms with Crippen molar-refractivity contribution in [1.82, 2.24) is 15.4 Å². The van der Waals surface area contributed by atoms with E-state index in [2.05, 4.69) is 9.97 Å². The van der Waals surface area contributed by atoms with Crippen LogP contribution < -0.4 is 25.6 Å². The van der Waals surface area contributed by atoms with Gasteiger partial charge in [-0.05, 0) is 47.9 Å². The number of nitrogen functional groups attached to an aromatic ring is 1. The number of nitrogens with two attached hydrogens (primary N) is 1. The molecule has 1 aromatic heterocycles. The monoisotopic (exact) mass is 496 g/mol. The van der Waals surface area contributed by atoms with Crippen molar-refractivity contribution in [3.05, 3.63) is 81.1 Å². The fraction of sp³-hybridized carbons (Fsp3) is 0.174. The molecule has 0 radical (unpaired) electrons. The zero-order chi connectivity index (χ0) is 24.9. The van der Waals surface area contributed by atoms with Gasteiger partial charge in [0, 0.05) is 23.7 Å². The number of hydrazine groups is 1. The molecule has 0 saturated heterocycles. The molecule has 1 amide bonds. The number of carbonyl (C=O) groups is 1. The number of hydrogen-bond donors (Lipinski definition) is 2. The third-order valence-electron chi connectivity index (χ3n) is 5.44. The van der Waals surface area contributed by atoms with E-state index >= 15 is 0 Å². The molecule has 0 bridgehead atoms. The molecule has 1 aliphatic heterocycles. The third kappa shape index (κ3) is 5.15. The van der Waals surface area contributed by atoms with Crippen molar-refractivity contribution in [2.75, 3.05) is 25.1 Å². The van der Waals surface area contributed by atoms with Crippen LogP contribution in [-0.2, 0) is 0 Å². The van der Waals surface area contributed by atoms with Gasteiger partial charge in [-0.1, -0.05) is 29.8 Å². The highest BCUT2D eigenvalue weighted by Gasteiger charge is 2.30. The summed E-state index contributed by atoms with van der Waals surface area (Å²) in [6.07, 6.45) is 3.87. The number of halogens is 1. The lowest BCUT2D eigenvalue weighted by molar-refractivity contribution is -0.385. The van der Waals surface area contributed by atoms with Crippen molar-refractivity contribution in [1.29, 1.82) is 0 Å². The van der Waals surface area contributed by atoms with Crippen LogP contribution in [-0.4, -0.2) is 41.0 Å². The number of carbonyl (C=O) groups excluding carboxylic acids is 1. The SMILES string of the molecule is COc1cc(C(=O)NN)ccc1Oc1ncnc(N2CC=C(c3ccc(Cl)cc3)CC2)c1[N+](=O)[O-]. The minimum atomic E-state index is -0.578. The first-order chi connectivity index (χ1) is 16.9. The van der Waals surface area contributed by atoms with E-state index in [0.29, 0.717) is 24.5 Å². The zero-order valence-electron chi connectivity index (χ0n) is 18.6. The molecule has 0 unspecified atom stereocenters. The van der Waals surface area contributed by atoms with Gasteiger partial charge in [0.1, 0.15) is 6.33 Å². The van der Waals surface area contributed by atoms with Gasteiger partial charge >= 0.3 is 11.6 Å². The van der Waals surface area contributed by atoms with Crippen molar-refractivity contribution in [3.8, 4) is 17.4 Å². The van der Waals surface area contributed by atoms with E-state index in [0.717, 1.165) is 11.1 Å². The largest absolute Gasteiger partial charge is 0.493 e. The van der Waals surface area contributed by atoms with Crippen molar-refractivity contribution in [3.63, 3.8) is 0 Å².